The summed E-state index contributed by atoms with van der Waals surface area (Å²) >= 11 is 0. The predicted molar refractivity (Wildman–Crippen MR) is 165 cm³/mol. The van der Waals surface area contributed by atoms with Crippen molar-refractivity contribution < 1.29 is 20.1 Å². The Hall–Kier alpha value is -5.23. The Bertz CT molecular complexity index is 1740. The number of aryl methyl sites for hydroxylation is 4. The van der Waals surface area contributed by atoms with E-state index < -0.39 is 0 Å². The molecule has 6 heteroatoms. The summed E-state index contributed by atoms with van der Waals surface area (Å²) in [6.45, 7) is 7.91. The molecule has 3 N–H and O–H groups in total. The maximum atomic E-state index is 10.9. The fourth-order valence-corrected chi connectivity index (χ4v) is 4.68. The Morgan fingerprint density at radius 2 is 1.02 bits per heavy atom. The summed E-state index contributed by atoms with van der Waals surface area (Å²) in [5.74, 6) is 0.528. The molecule has 41 heavy (non-hydrogen) atoms. The van der Waals surface area contributed by atoms with E-state index in [4.69, 9.17) is 0 Å². The van der Waals surface area contributed by atoms with Gasteiger partial charge >= 0.3 is 0 Å². The SMILES string of the molecule is Cc1cc(C)c2cccc(O)c2n1.Cc1cc(C)c2cccc(O)c2n1.O=Cc1c(O)cccc1-c1ccccc1. The van der Waals surface area contributed by atoms with Crippen molar-refractivity contribution in [1.82, 2.24) is 9.97 Å². The van der Waals surface area contributed by atoms with Gasteiger partial charge < -0.3 is 15.3 Å². The summed E-state index contributed by atoms with van der Waals surface area (Å²) < 4.78 is 0. The van der Waals surface area contributed by atoms with E-state index >= 15 is 0 Å². The Labute approximate surface area is 239 Å². The van der Waals surface area contributed by atoms with Gasteiger partial charge in [0.05, 0.1) is 5.56 Å². The zero-order chi connectivity index (χ0) is 29.5. The third kappa shape index (κ3) is 6.68. The first kappa shape index (κ1) is 28.8. The summed E-state index contributed by atoms with van der Waals surface area (Å²) in [6, 6.07) is 29.5. The lowest BCUT2D eigenvalue weighted by Gasteiger charge is -2.05. The number of aromatic nitrogens is 2. The molecule has 6 aromatic rings. The summed E-state index contributed by atoms with van der Waals surface area (Å²) in [5, 5.41) is 30.7. The summed E-state index contributed by atoms with van der Waals surface area (Å²) in [4.78, 5) is 19.4. The Morgan fingerprint density at radius 3 is 1.51 bits per heavy atom. The first-order valence-corrected chi connectivity index (χ1v) is 13.1. The van der Waals surface area contributed by atoms with Gasteiger partial charge in [-0.05, 0) is 80.3 Å². The Morgan fingerprint density at radius 1 is 0.561 bits per heavy atom. The third-order valence-electron chi connectivity index (χ3n) is 6.59. The quantitative estimate of drug-likeness (QED) is 0.191. The van der Waals surface area contributed by atoms with Crippen LogP contribution in [0.5, 0.6) is 17.2 Å². The standard InChI is InChI=1S/C13H10O2.2C11H11NO/c14-9-12-11(7-4-8-13(12)15)10-5-2-1-3-6-10;2*1-7-6-8(2)12-11-9(7)4-3-5-10(11)13/h1-9,15H;2*3-6,13H,1-2H3. The van der Waals surface area contributed by atoms with Crippen molar-refractivity contribution in [3.8, 4) is 28.4 Å². The second kappa shape index (κ2) is 12.7. The van der Waals surface area contributed by atoms with Crippen LogP contribution in [0.3, 0.4) is 0 Å². The van der Waals surface area contributed by atoms with E-state index in [1.54, 1.807) is 18.2 Å². The first-order valence-electron chi connectivity index (χ1n) is 13.1. The van der Waals surface area contributed by atoms with Gasteiger partial charge in [-0.1, -0.05) is 66.7 Å². The van der Waals surface area contributed by atoms with Gasteiger partial charge in [0.25, 0.3) is 0 Å². The molecule has 2 heterocycles. The average molecular weight is 545 g/mol. The molecule has 0 fully saturated rings. The third-order valence-corrected chi connectivity index (χ3v) is 6.59. The molecular formula is C35H32N2O4. The van der Waals surface area contributed by atoms with Crippen molar-refractivity contribution in [3.63, 3.8) is 0 Å². The number of hydrogen-bond acceptors (Lipinski definition) is 6. The molecule has 206 valence electrons. The molecule has 0 aliphatic carbocycles. The van der Waals surface area contributed by atoms with E-state index in [0.29, 0.717) is 22.9 Å². The number of fused-ring (bicyclic) bond motifs is 2. The normalized spacial score (nSPS) is 10.3. The van der Waals surface area contributed by atoms with E-state index in [0.717, 1.165) is 44.4 Å². The van der Waals surface area contributed by atoms with Gasteiger partial charge in [-0.2, -0.15) is 0 Å². The van der Waals surface area contributed by atoms with E-state index in [1.807, 2.05) is 100 Å². The number of nitrogens with zero attached hydrogens (tertiary/aromatic N) is 2. The van der Waals surface area contributed by atoms with E-state index in [1.165, 1.54) is 6.07 Å². The van der Waals surface area contributed by atoms with Gasteiger partial charge in [-0.15, -0.1) is 0 Å². The number of carbonyl (C=O) groups is 1. The second-order valence-electron chi connectivity index (χ2n) is 9.73. The smallest absolute Gasteiger partial charge is 0.154 e. The number of carbonyl (C=O) groups excluding carboxylic acids is 1. The van der Waals surface area contributed by atoms with E-state index in [9.17, 15) is 20.1 Å². The molecule has 0 amide bonds. The fourth-order valence-electron chi connectivity index (χ4n) is 4.68. The molecular weight excluding hydrogens is 512 g/mol. The van der Waals surface area contributed by atoms with Gasteiger partial charge in [0.15, 0.2) is 6.29 Å². The van der Waals surface area contributed by atoms with Gasteiger partial charge in [-0.25, -0.2) is 9.97 Å². The highest BCUT2D eigenvalue weighted by Gasteiger charge is 2.08. The number of benzene rings is 4. The molecule has 0 atom stereocenters. The molecule has 0 aliphatic rings. The lowest BCUT2D eigenvalue weighted by atomic mass is 10.00. The monoisotopic (exact) mass is 544 g/mol. The minimum Gasteiger partial charge on any atom is -0.507 e. The van der Waals surface area contributed by atoms with Crippen molar-refractivity contribution >= 4 is 28.1 Å². The number of aldehydes is 1. The van der Waals surface area contributed by atoms with Crippen LogP contribution in [0.2, 0.25) is 0 Å². The highest BCUT2D eigenvalue weighted by Crippen LogP contribution is 2.28. The number of rotatable bonds is 2. The summed E-state index contributed by atoms with van der Waals surface area (Å²) in [5.41, 5.74) is 7.58. The van der Waals surface area contributed by atoms with Crippen LogP contribution in [-0.2, 0) is 0 Å². The molecule has 0 radical (unpaired) electrons. The van der Waals surface area contributed by atoms with Gasteiger partial charge in [0, 0.05) is 22.2 Å². The van der Waals surface area contributed by atoms with Crippen LogP contribution in [0, 0.1) is 27.7 Å². The van der Waals surface area contributed by atoms with Crippen molar-refractivity contribution in [1.29, 1.82) is 0 Å². The number of hydrogen-bond donors (Lipinski definition) is 3. The molecule has 0 aliphatic heterocycles. The fraction of sp³-hybridized carbons (Fsp3) is 0.114. The lowest BCUT2D eigenvalue weighted by Crippen LogP contribution is -1.87. The molecule has 6 rings (SSSR count). The molecule has 0 unspecified atom stereocenters. The molecule has 0 bridgehead atoms. The summed E-state index contributed by atoms with van der Waals surface area (Å²) in [7, 11) is 0. The van der Waals surface area contributed by atoms with Crippen molar-refractivity contribution in [2.75, 3.05) is 0 Å². The molecule has 4 aromatic carbocycles. The molecule has 0 saturated carbocycles. The van der Waals surface area contributed by atoms with Crippen molar-refractivity contribution in [2.45, 2.75) is 27.7 Å². The van der Waals surface area contributed by atoms with Crippen LogP contribution in [0.1, 0.15) is 32.9 Å². The Balaban J connectivity index is 0.000000142. The van der Waals surface area contributed by atoms with Gasteiger partial charge in [0.1, 0.15) is 28.3 Å². The maximum Gasteiger partial charge on any atom is 0.154 e. The van der Waals surface area contributed by atoms with Crippen LogP contribution in [-0.4, -0.2) is 31.6 Å². The van der Waals surface area contributed by atoms with E-state index in [2.05, 4.69) is 9.97 Å². The highest BCUT2D eigenvalue weighted by atomic mass is 16.3. The maximum absolute atomic E-state index is 10.9. The van der Waals surface area contributed by atoms with Gasteiger partial charge in [0.2, 0.25) is 0 Å². The number of aromatic hydroxyl groups is 3. The zero-order valence-electron chi connectivity index (χ0n) is 23.5. The zero-order valence-corrected chi connectivity index (χ0v) is 23.5. The van der Waals surface area contributed by atoms with E-state index in [-0.39, 0.29) is 17.2 Å². The summed E-state index contributed by atoms with van der Waals surface area (Å²) in [6.07, 6.45) is 0.678. The molecule has 6 nitrogen and oxygen atoms in total. The number of para-hydroxylation sites is 2. The van der Waals surface area contributed by atoms with Gasteiger partial charge in [-0.3, -0.25) is 4.79 Å². The van der Waals surface area contributed by atoms with Crippen LogP contribution in [0.4, 0.5) is 0 Å². The minimum absolute atomic E-state index is 0.0198. The molecule has 0 spiro atoms. The van der Waals surface area contributed by atoms with Crippen molar-refractivity contribution in [2.24, 2.45) is 0 Å². The highest BCUT2D eigenvalue weighted by molar-refractivity contribution is 5.91. The van der Waals surface area contributed by atoms with Crippen LogP contribution in [0.15, 0.2) is 97.1 Å². The first-order chi connectivity index (χ1) is 19.7. The lowest BCUT2D eigenvalue weighted by molar-refractivity contribution is 0.112. The van der Waals surface area contributed by atoms with Crippen LogP contribution < -0.4 is 0 Å². The number of phenolic OH excluding ortho intramolecular Hbond substituents is 3. The largest absolute Gasteiger partial charge is 0.507 e. The Kier molecular flexibility index (Phi) is 8.95. The topological polar surface area (TPSA) is 104 Å². The average Bonchev–Trinajstić information content (AvgIpc) is 2.95. The number of pyridine rings is 2. The molecule has 0 saturated heterocycles. The minimum atomic E-state index is 0.0198. The van der Waals surface area contributed by atoms with Crippen LogP contribution in [0.25, 0.3) is 32.9 Å². The molecule has 2 aromatic heterocycles. The number of phenols is 3. The second-order valence-corrected chi connectivity index (χ2v) is 9.73. The predicted octanol–water partition coefficient (Wildman–Crippen LogP) is 7.99. The van der Waals surface area contributed by atoms with Crippen LogP contribution >= 0.6 is 0 Å². The van der Waals surface area contributed by atoms with Crippen molar-refractivity contribution in [3.05, 3.63) is 125 Å².